The minimum Gasteiger partial charge on any atom is -0.426 e. The van der Waals surface area contributed by atoms with Gasteiger partial charge in [-0.25, -0.2) is 23.1 Å². The third-order valence-electron chi connectivity index (χ3n) is 6.51. The van der Waals surface area contributed by atoms with Crippen LogP contribution in [-0.4, -0.2) is 60.7 Å². The number of benzene rings is 1. The van der Waals surface area contributed by atoms with Gasteiger partial charge >= 0.3 is 5.97 Å². The van der Waals surface area contributed by atoms with Crippen LogP contribution >= 0.6 is 0 Å². The number of rotatable bonds is 7. The third-order valence-corrected chi connectivity index (χ3v) is 8.05. The number of anilines is 1. The van der Waals surface area contributed by atoms with Gasteiger partial charge < -0.3 is 9.64 Å². The summed E-state index contributed by atoms with van der Waals surface area (Å²) >= 11 is 0. The van der Waals surface area contributed by atoms with Crippen molar-refractivity contribution >= 4 is 38.8 Å². The molecule has 11 heteroatoms. The van der Waals surface area contributed by atoms with Gasteiger partial charge in [0.15, 0.2) is 5.65 Å². The van der Waals surface area contributed by atoms with E-state index >= 15 is 0 Å². The molecule has 0 radical (unpaired) electrons. The van der Waals surface area contributed by atoms with Crippen LogP contribution in [0.2, 0.25) is 0 Å². The van der Waals surface area contributed by atoms with Crippen LogP contribution in [-0.2, 0) is 14.8 Å². The summed E-state index contributed by atoms with van der Waals surface area (Å²) in [6.45, 7) is 1.29. The zero-order chi connectivity index (χ0) is 25.2. The largest absolute Gasteiger partial charge is 0.426 e. The topological polar surface area (TPSA) is 123 Å². The molecule has 3 aromatic rings. The van der Waals surface area contributed by atoms with Crippen molar-refractivity contribution in [1.82, 2.24) is 19.3 Å². The van der Waals surface area contributed by atoms with Crippen LogP contribution in [0.15, 0.2) is 42.9 Å². The number of hydrogen-bond acceptors (Lipinski definition) is 8. The van der Waals surface area contributed by atoms with E-state index < -0.39 is 16.0 Å². The molecule has 0 unspecified atom stereocenters. The maximum absolute atomic E-state index is 13.3. The van der Waals surface area contributed by atoms with Gasteiger partial charge in [-0.05, 0) is 56.8 Å². The Balaban J connectivity index is 1.56. The van der Waals surface area contributed by atoms with Crippen LogP contribution in [0, 0.1) is 5.92 Å². The average Bonchev–Trinajstić information content (AvgIpc) is 3.28. The minimum absolute atomic E-state index is 0.138. The number of nitrogens with zero attached hydrogens (tertiary/aromatic N) is 4. The number of carbonyl (C=O) groups is 2. The smallest absolute Gasteiger partial charge is 0.308 e. The summed E-state index contributed by atoms with van der Waals surface area (Å²) < 4.78 is 32.8. The van der Waals surface area contributed by atoms with Gasteiger partial charge in [-0.1, -0.05) is 12.1 Å². The Labute approximate surface area is 204 Å². The van der Waals surface area contributed by atoms with Gasteiger partial charge in [-0.3, -0.25) is 14.2 Å². The standard InChI is InChI=1S/C24H29N5O5S/c1-16(30)34-21-7-5-4-6-19(21)24(31)29-13-12-20-22(26-15-27-23(20)29)28(3)18-10-8-17(9-11-18)14-35(32,33)25-2/h4-7,12-13,15,17-18,25H,8-11,14H2,1-3H3. The second-order valence-corrected chi connectivity index (χ2v) is 10.8. The first-order chi connectivity index (χ1) is 16.7. The molecule has 0 spiro atoms. The Morgan fingerprint density at radius 3 is 2.54 bits per heavy atom. The highest BCUT2D eigenvalue weighted by atomic mass is 32.2. The molecular formula is C24H29N5O5S. The van der Waals surface area contributed by atoms with Crippen molar-refractivity contribution in [2.45, 2.75) is 38.6 Å². The molecule has 1 N–H and O–H groups in total. The Hall–Kier alpha value is -3.31. The lowest BCUT2D eigenvalue weighted by Gasteiger charge is -2.35. The van der Waals surface area contributed by atoms with E-state index in [1.165, 1.54) is 24.9 Å². The summed E-state index contributed by atoms with van der Waals surface area (Å²) in [7, 11) is 0.187. The normalized spacial score (nSPS) is 18.4. The van der Waals surface area contributed by atoms with Crippen molar-refractivity contribution in [3.05, 3.63) is 48.4 Å². The summed E-state index contributed by atoms with van der Waals surface area (Å²) in [5, 5.41) is 0.730. The van der Waals surface area contributed by atoms with Crippen molar-refractivity contribution in [3.63, 3.8) is 0 Å². The number of nitrogens with one attached hydrogen (secondary N) is 1. The predicted molar refractivity (Wildman–Crippen MR) is 132 cm³/mol. The lowest BCUT2D eigenvalue weighted by Crippen LogP contribution is -2.38. The van der Waals surface area contributed by atoms with E-state index in [-0.39, 0.29) is 34.9 Å². The molecule has 0 amide bonds. The summed E-state index contributed by atoms with van der Waals surface area (Å²) in [6.07, 6.45) is 6.40. The van der Waals surface area contributed by atoms with E-state index in [4.69, 9.17) is 4.74 Å². The Morgan fingerprint density at radius 1 is 1.14 bits per heavy atom. The van der Waals surface area contributed by atoms with Crippen molar-refractivity contribution in [2.24, 2.45) is 5.92 Å². The molecule has 0 bridgehead atoms. The van der Waals surface area contributed by atoms with E-state index in [0.717, 1.165) is 31.1 Å². The van der Waals surface area contributed by atoms with Crippen LogP contribution in [0.3, 0.4) is 0 Å². The minimum atomic E-state index is -3.22. The van der Waals surface area contributed by atoms with Gasteiger partial charge in [-0.2, -0.15) is 0 Å². The molecule has 2 heterocycles. The number of hydrogen-bond donors (Lipinski definition) is 1. The molecule has 10 nitrogen and oxygen atoms in total. The van der Waals surface area contributed by atoms with Crippen molar-refractivity contribution < 1.29 is 22.7 Å². The van der Waals surface area contributed by atoms with Gasteiger partial charge in [0.1, 0.15) is 17.9 Å². The van der Waals surface area contributed by atoms with Crippen LogP contribution in [0.4, 0.5) is 5.82 Å². The summed E-state index contributed by atoms with van der Waals surface area (Å²) in [4.78, 5) is 35.7. The highest BCUT2D eigenvalue weighted by Crippen LogP contribution is 2.33. The quantitative estimate of drug-likeness (QED) is 0.389. The lowest BCUT2D eigenvalue weighted by molar-refractivity contribution is -0.131. The SMILES string of the molecule is CNS(=O)(=O)CC1CCC(N(C)c2ncnc3c2ccn3C(=O)c2ccccc2OC(C)=O)CC1. The fourth-order valence-electron chi connectivity index (χ4n) is 4.67. The number of esters is 1. The fraction of sp³-hybridized carbons (Fsp3) is 0.417. The number of carbonyl (C=O) groups excluding carboxylic acids is 2. The van der Waals surface area contributed by atoms with Crippen molar-refractivity contribution in [3.8, 4) is 5.75 Å². The molecule has 1 saturated carbocycles. The molecule has 0 aliphatic heterocycles. The molecule has 0 saturated heterocycles. The molecule has 4 rings (SSSR count). The highest BCUT2D eigenvalue weighted by Gasteiger charge is 2.29. The fourth-order valence-corrected chi connectivity index (χ4v) is 5.79. The number of fused-ring (bicyclic) bond motifs is 1. The maximum Gasteiger partial charge on any atom is 0.308 e. The highest BCUT2D eigenvalue weighted by molar-refractivity contribution is 7.89. The van der Waals surface area contributed by atoms with E-state index in [0.29, 0.717) is 11.5 Å². The van der Waals surface area contributed by atoms with Crippen molar-refractivity contribution in [2.75, 3.05) is 24.7 Å². The summed E-state index contributed by atoms with van der Waals surface area (Å²) in [5.74, 6) is 0.315. The van der Waals surface area contributed by atoms with Crippen LogP contribution in [0.25, 0.3) is 11.0 Å². The predicted octanol–water partition coefficient (Wildman–Crippen LogP) is 2.59. The van der Waals surface area contributed by atoms with Crippen LogP contribution in [0.5, 0.6) is 5.75 Å². The molecule has 186 valence electrons. The number of ether oxygens (including phenoxy) is 1. The molecule has 1 aliphatic carbocycles. The Bertz CT molecular complexity index is 1350. The zero-order valence-corrected chi connectivity index (χ0v) is 20.8. The van der Waals surface area contributed by atoms with E-state index in [2.05, 4.69) is 19.6 Å². The number of sulfonamides is 1. The Morgan fingerprint density at radius 2 is 1.86 bits per heavy atom. The second-order valence-electron chi connectivity index (χ2n) is 8.79. The molecule has 35 heavy (non-hydrogen) atoms. The number of para-hydroxylation sites is 1. The first-order valence-electron chi connectivity index (χ1n) is 11.5. The van der Waals surface area contributed by atoms with Gasteiger partial charge in [0.05, 0.1) is 16.7 Å². The first kappa shape index (κ1) is 24.8. The summed E-state index contributed by atoms with van der Waals surface area (Å²) in [5.41, 5.74) is 0.710. The van der Waals surface area contributed by atoms with Crippen LogP contribution in [0.1, 0.15) is 43.0 Å². The van der Waals surface area contributed by atoms with Crippen LogP contribution < -0.4 is 14.4 Å². The molecule has 1 aromatic carbocycles. The van der Waals surface area contributed by atoms with Gasteiger partial charge in [-0.15, -0.1) is 0 Å². The van der Waals surface area contributed by atoms with Gasteiger partial charge in [0.2, 0.25) is 10.0 Å². The molecule has 1 aliphatic rings. The monoisotopic (exact) mass is 499 g/mol. The second kappa shape index (κ2) is 10.1. The Kier molecular flexibility index (Phi) is 7.18. The van der Waals surface area contributed by atoms with E-state index in [1.807, 2.05) is 7.05 Å². The number of aromatic nitrogens is 3. The average molecular weight is 500 g/mol. The summed E-state index contributed by atoms with van der Waals surface area (Å²) in [6, 6.07) is 8.59. The molecular weight excluding hydrogens is 470 g/mol. The van der Waals surface area contributed by atoms with E-state index in [9.17, 15) is 18.0 Å². The lowest BCUT2D eigenvalue weighted by atomic mass is 9.86. The third kappa shape index (κ3) is 5.35. The first-order valence-corrected chi connectivity index (χ1v) is 13.1. The van der Waals surface area contributed by atoms with E-state index in [1.54, 1.807) is 36.5 Å². The zero-order valence-electron chi connectivity index (χ0n) is 20.0. The molecule has 2 aromatic heterocycles. The van der Waals surface area contributed by atoms with Crippen molar-refractivity contribution in [1.29, 1.82) is 0 Å². The molecule has 0 atom stereocenters. The van der Waals surface area contributed by atoms with Gasteiger partial charge in [0, 0.05) is 26.2 Å². The molecule has 1 fully saturated rings. The van der Waals surface area contributed by atoms with Gasteiger partial charge in [0.25, 0.3) is 5.91 Å². The maximum atomic E-state index is 13.3.